The van der Waals surface area contributed by atoms with Crippen LogP contribution in [-0.4, -0.2) is 9.78 Å². The molecule has 0 atom stereocenters. The van der Waals surface area contributed by atoms with E-state index in [9.17, 15) is 0 Å². The quantitative estimate of drug-likeness (QED) is 0.661. The summed E-state index contributed by atoms with van der Waals surface area (Å²) in [5.41, 5.74) is 6.47. The summed E-state index contributed by atoms with van der Waals surface area (Å²) in [5, 5.41) is 5.06. The molecule has 23 heavy (non-hydrogen) atoms. The van der Waals surface area contributed by atoms with Crippen molar-refractivity contribution in [1.29, 1.82) is 0 Å². The van der Waals surface area contributed by atoms with Gasteiger partial charge in [-0.3, -0.25) is 4.68 Å². The Kier molecular flexibility index (Phi) is 4.49. The highest BCUT2D eigenvalue weighted by molar-refractivity contribution is 5.71. The van der Waals surface area contributed by atoms with E-state index in [0.29, 0.717) is 6.04 Å². The van der Waals surface area contributed by atoms with Gasteiger partial charge in [0.1, 0.15) is 0 Å². The van der Waals surface area contributed by atoms with Crippen LogP contribution in [0.5, 0.6) is 0 Å². The zero-order valence-electron chi connectivity index (χ0n) is 16.3. The molecule has 0 N–H and O–H groups in total. The van der Waals surface area contributed by atoms with Gasteiger partial charge in [-0.05, 0) is 26.3 Å². The van der Waals surface area contributed by atoms with E-state index in [1.165, 1.54) is 28.1 Å². The predicted octanol–water partition coefficient (Wildman–Crippen LogP) is 6.03. The van der Waals surface area contributed by atoms with Crippen LogP contribution < -0.4 is 0 Å². The normalized spacial score (nSPS) is 13.0. The van der Waals surface area contributed by atoms with Crippen LogP contribution in [0, 0.1) is 6.92 Å². The van der Waals surface area contributed by atoms with Crippen molar-refractivity contribution >= 4 is 0 Å². The first-order chi connectivity index (χ1) is 10.4. The average molecular weight is 313 g/mol. The molecule has 2 aromatic rings. The van der Waals surface area contributed by atoms with Gasteiger partial charge in [0.2, 0.25) is 0 Å². The number of aromatic nitrogens is 2. The van der Waals surface area contributed by atoms with Gasteiger partial charge in [-0.25, -0.2) is 0 Å². The fourth-order valence-corrected chi connectivity index (χ4v) is 3.05. The lowest BCUT2D eigenvalue weighted by Gasteiger charge is -2.25. The van der Waals surface area contributed by atoms with E-state index in [1.54, 1.807) is 0 Å². The number of aryl methyl sites for hydroxylation is 1. The lowest BCUT2D eigenvalue weighted by atomic mass is 9.81. The van der Waals surface area contributed by atoms with Gasteiger partial charge in [0.25, 0.3) is 0 Å². The molecule has 0 radical (unpaired) electrons. The Morgan fingerprint density at radius 1 is 0.870 bits per heavy atom. The lowest BCUT2D eigenvalue weighted by molar-refractivity contribution is 0.438. The first-order valence-corrected chi connectivity index (χ1v) is 8.63. The molecule has 0 aliphatic carbocycles. The molecule has 0 saturated carbocycles. The molecule has 2 heteroatoms. The summed E-state index contributed by atoms with van der Waals surface area (Å²) in [4.78, 5) is 0. The van der Waals surface area contributed by atoms with Crippen molar-refractivity contribution in [3.8, 4) is 11.1 Å². The average Bonchev–Trinajstić information content (AvgIpc) is 2.79. The van der Waals surface area contributed by atoms with Gasteiger partial charge in [0, 0.05) is 22.4 Å². The maximum absolute atomic E-state index is 5.06. The van der Waals surface area contributed by atoms with Gasteiger partial charge < -0.3 is 0 Å². The fraction of sp³-hybridized carbons (Fsp3) is 0.571. The highest BCUT2D eigenvalue weighted by Crippen LogP contribution is 2.41. The fourth-order valence-electron chi connectivity index (χ4n) is 3.05. The SMILES string of the molecule is Cc1ccc(-c2c(C(C)(C)C)nn(C(C)C)c2C(C)(C)C)cc1. The van der Waals surface area contributed by atoms with Crippen molar-refractivity contribution in [2.75, 3.05) is 0 Å². The summed E-state index contributed by atoms with van der Waals surface area (Å²) in [5.74, 6) is 0. The summed E-state index contributed by atoms with van der Waals surface area (Å²) >= 11 is 0. The molecule has 0 aliphatic rings. The Hall–Kier alpha value is -1.57. The first-order valence-electron chi connectivity index (χ1n) is 8.63. The maximum Gasteiger partial charge on any atom is 0.0759 e. The second-order valence-electron chi connectivity index (χ2n) is 8.98. The number of benzene rings is 1. The van der Waals surface area contributed by atoms with Crippen LogP contribution in [0.3, 0.4) is 0 Å². The molecule has 2 rings (SSSR count). The molecule has 0 amide bonds. The van der Waals surface area contributed by atoms with Gasteiger partial charge in [-0.2, -0.15) is 5.10 Å². The zero-order valence-corrected chi connectivity index (χ0v) is 16.3. The third-order valence-electron chi connectivity index (χ3n) is 4.16. The number of nitrogens with zero attached hydrogens (tertiary/aromatic N) is 2. The van der Waals surface area contributed by atoms with Crippen molar-refractivity contribution in [3.05, 3.63) is 41.2 Å². The topological polar surface area (TPSA) is 17.8 Å². The molecule has 1 heterocycles. The van der Waals surface area contributed by atoms with E-state index in [1.807, 2.05) is 0 Å². The van der Waals surface area contributed by atoms with Crippen molar-refractivity contribution in [2.24, 2.45) is 0 Å². The van der Waals surface area contributed by atoms with Gasteiger partial charge in [-0.15, -0.1) is 0 Å². The third-order valence-corrected chi connectivity index (χ3v) is 4.16. The van der Waals surface area contributed by atoms with Crippen LogP contribution in [-0.2, 0) is 10.8 Å². The van der Waals surface area contributed by atoms with Crippen molar-refractivity contribution in [2.45, 2.75) is 79.2 Å². The van der Waals surface area contributed by atoms with Gasteiger partial charge in [0.15, 0.2) is 0 Å². The minimum absolute atomic E-state index is 0.0142. The number of rotatable bonds is 2. The Morgan fingerprint density at radius 3 is 1.78 bits per heavy atom. The molecule has 0 spiro atoms. The number of hydrogen-bond donors (Lipinski definition) is 0. The predicted molar refractivity (Wildman–Crippen MR) is 100 cm³/mol. The minimum atomic E-state index is 0.0142. The molecule has 0 bridgehead atoms. The van der Waals surface area contributed by atoms with Crippen LogP contribution in [0.2, 0.25) is 0 Å². The smallest absolute Gasteiger partial charge is 0.0759 e. The molecular weight excluding hydrogens is 280 g/mol. The van der Waals surface area contributed by atoms with Crippen LogP contribution in [0.1, 0.15) is 78.4 Å². The van der Waals surface area contributed by atoms with Crippen molar-refractivity contribution in [3.63, 3.8) is 0 Å². The maximum atomic E-state index is 5.06. The van der Waals surface area contributed by atoms with Crippen LogP contribution in [0.25, 0.3) is 11.1 Å². The van der Waals surface area contributed by atoms with Crippen LogP contribution >= 0.6 is 0 Å². The van der Waals surface area contributed by atoms with E-state index < -0.39 is 0 Å². The van der Waals surface area contributed by atoms with Gasteiger partial charge in [-0.1, -0.05) is 71.4 Å². The third kappa shape index (κ3) is 3.52. The Morgan fingerprint density at radius 2 is 1.39 bits per heavy atom. The van der Waals surface area contributed by atoms with E-state index in [4.69, 9.17) is 5.10 Å². The lowest BCUT2D eigenvalue weighted by Crippen LogP contribution is -2.20. The van der Waals surface area contributed by atoms with Crippen LogP contribution in [0.4, 0.5) is 0 Å². The summed E-state index contributed by atoms with van der Waals surface area (Å²) in [6.45, 7) is 20.2. The molecule has 0 fully saturated rings. The first kappa shape index (κ1) is 17.8. The standard InChI is InChI=1S/C21H32N2/c1-14(2)23-19(21(7,8)9)17(18(22-23)20(4,5)6)16-12-10-15(3)11-13-16/h10-14H,1-9H3. The van der Waals surface area contributed by atoms with E-state index >= 15 is 0 Å². The van der Waals surface area contributed by atoms with Gasteiger partial charge in [0.05, 0.1) is 11.4 Å². The molecule has 0 aliphatic heterocycles. The van der Waals surface area contributed by atoms with E-state index in [-0.39, 0.29) is 10.8 Å². The summed E-state index contributed by atoms with van der Waals surface area (Å²) in [7, 11) is 0. The Labute approximate surface area is 141 Å². The molecule has 1 aromatic heterocycles. The minimum Gasteiger partial charge on any atom is -0.266 e. The molecule has 2 nitrogen and oxygen atoms in total. The Bertz CT molecular complexity index is 674. The molecule has 0 unspecified atom stereocenters. The second-order valence-corrected chi connectivity index (χ2v) is 8.98. The number of hydrogen-bond acceptors (Lipinski definition) is 1. The second kappa shape index (κ2) is 5.81. The summed E-state index contributed by atoms with van der Waals surface area (Å²) < 4.78 is 2.23. The van der Waals surface area contributed by atoms with Crippen LogP contribution in [0.15, 0.2) is 24.3 Å². The monoisotopic (exact) mass is 312 g/mol. The molecular formula is C21H32N2. The highest BCUT2D eigenvalue weighted by Gasteiger charge is 2.33. The molecule has 126 valence electrons. The van der Waals surface area contributed by atoms with E-state index in [0.717, 1.165) is 0 Å². The highest BCUT2D eigenvalue weighted by atomic mass is 15.3. The largest absolute Gasteiger partial charge is 0.266 e. The van der Waals surface area contributed by atoms with Crippen molar-refractivity contribution in [1.82, 2.24) is 9.78 Å². The zero-order chi connectivity index (χ0) is 17.6. The van der Waals surface area contributed by atoms with Gasteiger partial charge >= 0.3 is 0 Å². The summed E-state index contributed by atoms with van der Waals surface area (Å²) in [6.07, 6.45) is 0. The van der Waals surface area contributed by atoms with E-state index in [2.05, 4.69) is 91.3 Å². The summed E-state index contributed by atoms with van der Waals surface area (Å²) in [6, 6.07) is 9.22. The Balaban J connectivity index is 2.87. The molecule has 0 saturated heterocycles. The van der Waals surface area contributed by atoms with Crippen molar-refractivity contribution < 1.29 is 0 Å². The molecule has 1 aromatic carbocycles.